The Balaban J connectivity index is 2.22. The highest BCUT2D eigenvalue weighted by Gasteiger charge is 2.25. The molecule has 0 spiro atoms. The van der Waals surface area contributed by atoms with Gasteiger partial charge in [-0.15, -0.1) is 0 Å². The van der Waals surface area contributed by atoms with E-state index in [1.54, 1.807) is 12.1 Å². The number of benzene rings is 1. The molecule has 6 heteroatoms. The second kappa shape index (κ2) is 6.03. The van der Waals surface area contributed by atoms with E-state index in [4.69, 9.17) is 0 Å². The number of hydrogen-bond donors (Lipinski definition) is 1. The molecule has 0 aromatic heterocycles. The van der Waals surface area contributed by atoms with Gasteiger partial charge in [0.15, 0.2) is 5.78 Å². The first kappa shape index (κ1) is 15.2. The number of ketones is 1. The van der Waals surface area contributed by atoms with E-state index in [1.165, 1.54) is 16.4 Å². The zero-order valence-corrected chi connectivity index (χ0v) is 12.6. The van der Waals surface area contributed by atoms with E-state index in [-0.39, 0.29) is 16.6 Å². The van der Waals surface area contributed by atoms with Crippen LogP contribution < -0.4 is 5.32 Å². The molecule has 1 aliphatic heterocycles. The van der Waals surface area contributed by atoms with Crippen molar-refractivity contribution in [1.82, 2.24) is 9.62 Å². The third kappa shape index (κ3) is 3.08. The Labute approximate surface area is 120 Å². The molecule has 5 nitrogen and oxygen atoms in total. The van der Waals surface area contributed by atoms with Gasteiger partial charge in [0.05, 0.1) is 4.90 Å². The Kier molecular flexibility index (Phi) is 4.57. The van der Waals surface area contributed by atoms with E-state index in [0.29, 0.717) is 31.7 Å². The first-order valence-electron chi connectivity index (χ1n) is 6.78. The van der Waals surface area contributed by atoms with Crippen molar-refractivity contribution in [2.45, 2.75) is 18.7 Å². The zero-order chi connectivity index (χ0) is 14.8. The van der Waals surface area contributed by atoms with Crippen LogP contribution in [0.4, 0.5) is 0 Å². The lowest BCUT2D eigenvalue weighted by atomic mass is 10.0. The summed E-state index contributed by atoms with van der Waals surface area (Å²) in [5, 5.41) is 3.12. The highest BCUT2D eigenvalue weighted by atomic mass is 32.2. The van der Waals surface area contributed by atoms with Crippen LogP contribution in [0.1, 0.15) is 24.2 Å². The summed E-state index contributed by atoms with van der Waals surface area (Å²) in [6, 6.07) is 6.23. The van der Waals surface area contributed by atoms with Crippen molar-refractivity contribution in [2.75, 3.05) is 26.2 Å². The monoisotopic (exact) mass is 296 g/mol. The third-order valence-electron chi connectivity index (χ3n) is 3.38. The van der Waals surface area contributed by atoms with Gasteiger partial charge in [0.25, 0.3) is 0 Å². The van der Waals surface area contributed by atoms with E-state index in [0.717, 1.165) is 0 Å². The van der Waals surface area contributed by atoms with Gasteiger partial charge in [0.1, 0.15) is 0 Å². The molecule has 1 aromatic carbocycles. The molecule has 110 valence electrons. The van der Waals surface area contributed by atoms with Gasteiger partial charge in [-0.1, -0.05) is 26.0 Å². The smallest absolute Gasteiger partial charge is 0.243 e. The van der Waals surface area contributed by atoms with Gasteiger partial charge in [0, 0.05) is 37.7 Å². The van der Waals surface area contributed by atoms with E-state index in [9.17, 15) is 13.2 Å². The van der Waals surface area contributed by atoms with Crippen LogP contribution in [-0.4, -0.2) is 44.7 Å². The van der Waals surface area contributed by atoms with Crippen LogP contribution in [0.5, 0.6) is 0 Å². The molecule has 1 aromatic rings. The number of nitrogens with one attached hydrogen (secondary N) is 1. The number of carbonyl (C=O) groups excluding carboxylic acids is 1. The predicted octanol–water partition coefficient (Wildman–Crippen LogP) is 1.12. The van der Waals surface area contributed by atoms with Crippen molar-refractivity contribution >= 4 is 15.8 Å². The SMILES string of the molecule is CC(C)C(=O)c1ccc(S(=O)(=O)N2CCNCC2)cc1. The fraction of sp³-hybridized carbons (Fsp3) is 0.500. The Bertz CT molecular complexity index is 573. The average molecular weight is 296 g/mol. The van der Waals surface area contributed by atoms with Crippen molar-refractivity contribution in [3.63, 3.8) is 0 Å². The maximum absolute atomic E-state index is 12.4. The molecule has 1 aliphatic rings. The van der Waals surface area contributed by atoms with Crippen molar-refractivity contribution in [3.8, 4) is 0 Å². The summed E-state index contributed by atoms with van der Waals surface area (Å²) in [5.41, 5.74) is 0.555. The molecule has 0 saturated carbocycles. The maximum Gasteiger partial charge on any atom is 0.243 e. The van der Waals surface area contributed by atoms with Crippen LogP contribution in [0.3, 0.4) is 0 Å². The Hall–Kier alpha value is -1.24. The predicted molar refractivity (Wildman–Crippen MR) is 77.2 cm³/mol. The van der Waals surface area contributed by atoms with Gasteiger partial charge in [-0.2, -0.15) is 4.31 Å². The molecule has 1 saturated heterocycles. The highest BCUT2D eigenvalue weighted by molar-refractivity contribution is 7.89. The molecule has 0 bridgehead atoms. The van der Waals surface area contributed by atoms with Crippen molar-refractivity contribution < 1.29 is 13.2 Å². The molecule has 0 radical (unpaired) electrons. The molecule has 0 atom stereocenters. The zero-order valence-electron chi connectivity index (χ0n) is 11.8. The van der Waals surface area contributed by atoms with Crippen molar-refractivity contribution in [3.05, 3.63) is 29.8 Å². The summed E-state index contributed by atoms with van der Waals surface area (Å²) < 4.78 is 26.3. The minimum atomic E-state index is -3.44. The largest absolute Gasteiger partial charge is 0.314 e. The summed E-state index contributed by atoms with van der Waals surface area (Å²) in [6.45, 7) is 5.96. The second-order valence-corrected chi connectivity index (χ2v) is 7.14. The highest BCUT2D eigenvalue weighted by Crippen LogP contribution is 2.18. The summed E-state index contributed by atoms with van der Waals surface area (Å²) >= 11 is 0. The quantitative estimate of drug-likeness (QED) is 0.846. The maximum atomic E-state index is 12.4. The summed E-state index contributed by atoms with van der Waals surface area (Å²) in [7, 11) is -3.44. The van der Waals surface area contributed by atoms with Crippen LogP contribution in [0, 0.1) is 5.92 Å². The molecular formula is C14H20N2O3S. The minimum Gasteiger partial charge on any atom is -0.314 e. The van der Waals surface area contributed by atoms with Gasteiger partial charge in [-0.05, 0) is 12.1 Å². The molecule has 0 aliphatic carbocycles. The fourth-order valence-corrected chi connectivity index (χ4v) is 3.60. The second-order valence-electron chi connectivity index (χ2n) is 5.20. The van der Waals surface area contributed by atoms with Gasteiger partial charge in [-0.3, -0.25) is 4.79 Å². The Morgan fingerprint density at radius 2 is 1.70 bits per heavy atom. The van der Waals surface area contributed by atoms with Gasteiger partial charge in [0.2, 0.25) is 10.0 Å². The van der Waals surface area contributed by atoms with Crippen LogP contribution >= 0.6 is 0 Å². The summed E-state index contributed by atoms with van der Waals surface area (Å²) in [6.07, 6.45) is 0. The molecule has 0 amide bonds. The standard InChI is InChI=1S/C14H20N2O3S/c1-11(2)14(17)12-3-5-13(6-4-12)20(18,19)16-9-7-15-8-10-16/h3-6,11,15H,7-10H2,1-2H3. The third-order valence-corrected chi connectivity index (χ3v) is 5.29. The lowest BCUT2D eigenvalue weighted by Crippen LogP contribution is -2.46. The lowest BCUT2D eigenvalue weighted by molar-refractivity contribution is 0.0939. The molecule has 0 unspecified atom stereocenters. The summed E-state index contributed by atoms with van der Waals surface area (Å²) in [5.74, 6) is -0.0678. The number of carbonyl (C=O) groups is 1. The van der Waals surface area contributed by atoms with E-state index < -0.39 is 10.0 Å². The van der Waals surface area contributed by atoms with Crippen LogP contribution in [0.15, 0.2) is 29.2 Å². The summed E-state index contributed by atoms with van der Waals surface area (Å²) in [4.78, 5) is 12.1. The van der Waals surface area contributed by atoms with Gasteiger partial charge >= 0.3 is 0 Å². The number of Topliss-reactive ketones (excluding diaryl/α,β-unsaturated/α-hetero) is 1. The van der Waals surface area contributed by atoms with E-state index >= 15 is 0 Å². The van der Waals surface area contributed by atoms with Crippen molar-refractivity contribution in [1.29, 1.82) is 0 Å². The normalized spacial score (nSPS) is 17.4. The number of hydrogen-bond acceptors (Lipinski definition) is 4. The number of rotatable bonds is 4. The van der Waals surface area contributed by atoms with Gasteiger partial charge in [-0.25, -0.2) is 8.42 Å². The minimum absolute atomic E-state index is 0.0242. The molecular weight excluding hydrogens is 276 g/mol. The first-order chi connectivity index (χ1) is 9.43. The number of piperazine rings is 1. The van der Waals surface area contributed by atoms with E-state index in [2.05, 4.69) is 5.32 Å². The Morgan fingerprint density at radius 1 is 1.15 bits per heavy atom. The van der Waals surface area contributed by atoms with Crippen LogP contribution in [0.25, 0.3) is 0 Å². The van der Waals surface area contributed by atoms with Crippen LogP contribution in [-0.2, 0) is 10.0 Å². The molecule has 2 rings (SSSR count). The number of sulfonamides is 1. The molecule has 1 N–H and O–H groups in total. The van der Waals surface area contributed by atoms with E-state index in [1.807, 2.05) is 13.8 Å². The molecule has 1 heterocycles. The Morgan fingerprint density at radius 3 is 2.20 bits per heavy atom. The topological polar surface area (TPSA) is 66.5 Å². The molecule has 1 fully saturated rings. The fourth-order valence-electron chi connectivity index (χ4n) is 2.16. The lowest BCUT2D eigenvalue weighted by Gasteiger charge is -2.26. The first-order valence-corrected chi connectivity index (χ1v) is 8.22. The average Bonchev–Trinajstić information content (AvgIpc) is 2.47. The van der Waals surface area contributed by atoms with Crippen molar-refractivity contribution in [2.24, 2.45) is 5.92 Å². The number of nitrogens with zero attached hydrogens (tertiary/aromatic N) is 1. The molecule has 20 heavy (non-hydrogen) atoms. The van der Waals surface area contributed by atoms with Crippen LogP contribution in [0.2, 0.25) is 0 Å². The van der Waals surface area contributed by atoms with Gasteiger partial charge < -0.3 is 5.32 Å².